The zero-order chi connectivity index (χ0) is 13.0. The molecule has 17 heavy (non-hydrogen) atoms. The Bertz CT molecular complexity index is 428. The lowest BCUT2D eigenvalue weighted by Gasteiger charge is -2.12. The van der Waals surface area contributed by atoms with Crippen molar-refractivity contribution in [3.8, 4) is 0 Å². The van der Waals surface area contributed by atoms with E-state index in [0.717, 1.165) is 0 Å². The molecule has 0 saturated carbocycles. The number of likely N-dealkylation sites (N-methyl/N-ethyl adjacent to an activating group) is 1. The summed E-state index contributed by atoms with van der Waals surface area (Å²) in [6.45, 7) is 1.59. The molecule has 5 nitrogen and oxygen atoms in total. The molecule has 1 atom stereocenters. The maximum Gasteiger partial charge on any atom is 0.252 e. The van der Waals surface area contributed by atoms with Gasteiger partial charge in [0.05, 0.1) is 0 Å². The molecule has 2 amide bonds. The standard InChI is InChI=1S/C11H14ClN3O2/c1-6(10(16)14-2)15-11(17)7-3-8(12)5-9(13)4-7/h3-6H,13H2,1-2H3,(H,14,16)(H,15,17). The first-order chi connectivity index (χ1) is 7.93. The summed E-state index contributed by atoms with van der Waals surface area (Å²) >= 11 is 5.78. The number of carbonyl (C=O) groups is 2. The number of nitrogen functional groups attached to an aromatic ring is 1. The predicted octanol–water partition coefficient (Wildman–Crippen LogP) is 0.786. The van der Waals surface area contributed by atoms with Gasteiger partial charge in [-0.15, -0.1) is 0 Å². The number of amides is 2. The average Bonchev–Trinajstić information content (AvgIpc) is 2.26. The van der Waals surface area contributed by atoms with E-state index in [1.54, 1.807) is 13.0 Å². The van der Waals surface area contributed by atoms with Gasteiger partial charge in [-0.05, 0) is 25.1 Å². The fourth-order valence-electron chi connectivity index (χ4n) is 1.31. The molecule has 0 spiro atoms. The van der Waals surface area contributed by atoms with Gasteiger partial charge in [0.2, 0.25) is 5.91 Å². The number of nitrogens with two attached hydrogens (primary N) is 1. The molecule has 1 aromatic carbocycles. The number of carbonyl (C=O) groups excluding carboxylic acids is 2. The van der Waals surface area contributed by atoms with Crippen LogP contribution < -0.4 is 16.4 Å². The maximum absolute atomic E-state index is 11.8. The number of halogens is 1. The van der Waals surface area contributed by atoms with Crippen molar-refractivity contribution < 1.29 is 9.59 Å². The highest BCUT2D eigenvalue weighted by atomic mass is 35.5. The quantitative estimate of drug-likeness (QED) is 0.698. The van der Waals surface area contributed by atoms with E-state index in [2.05, 4.69) is 10.6 Å². The number of nitrogens with one attached hydrogen (secondary N) is 2. The van der Waals surface area contributed by atoms with Crippen LogP contribution in [0.5, 0.6) is 0 Å². The van der Waals surface area contributed by atoms with Crippen LogP contribution in [0.2, 0.25) is 5.02 Å². The van der Waals surface area contributed by atoms with Gasteiger partial charge in [0.25, 0.3) is 5.91 Å². The third kappa shape index (κ3) is 3.64. The molecule has 0 radical (unpaired) electrons. The summed E-state index contributed by atoms with van der Waals surface area (Å²) in [5.74, 6) is -0.663. The van der Waals surface area contributed by atoms with Crippen molar-refractivity contribution in [1.29, 1.82) is 0 Å². The molecule has 0 saturated heterocycles. The van der Waals surface area contributed by atoms with E-state index in [0.29, 0.717) is 16.3 Å². The van der Waals surface area contributed by atoms with Crippen LogP contribution in [0, 0.1) is 0 Å². The first-order valence-corrected chi connectivity index (χ1v) is 5.40. The second kappa shape index (κ2) is 5.54. The Balaban J connectivity index is 2.79. The summed E-state index contributed by atoms with van der Waals surface area (Å²) in [5, 5.41) is 5.35. The Morgan fingerprint density at radius 1 is 1.35 bits per heavy atom. The highest BCUT2D eigenvalue weighted by Gasteiger charge is 2.15. The van der Waals surface area contributed by atoms with E-state index >= 15 is 0 Å². The molecule has 0 aliphatic rings. The van der Waals surface area contributed by atoms with Crippen molar-refractivity contribution in [2.24, 2.45) is 0 Å². The van der Waals surface area contributed by atoms with Crippen LogP contribution in [0.15, 0.2) is 18.2 Å². The molecular formula is C11H14ClN3O2. The minimum absolute atomic E-state index is 0.270. The summed E-state index contributed by atoms with van der Waals surface area (Å²) in [6, 6.07) is 3.91. The van der Waals surface area contributed by atoms with Gasteiger partial charge in [-0.2, -0.15) is 0 Å². The normalized spacial score (nSPS) is 11.7. The van der Waals surface area contributed by atoms with E-state index in [9.17, 15) is 9.59 Å². The SMILES string of the molecule is CNC(=O)C(C)NC(=O)c1cc(N)cc(Cl)c1. The van der Waals surface area contributed by atoms with Crippen LogP contribution in [0.3, 0.4) is 0 Å². The Labute approximate surface area is 104 Å². The van der Waals surface area contributed by atoms with Crippen molar-refractivity contribution in [3.05, 3.63) is 28.8 Å². The van der Waals surface area contributed by atoms with E-state index < -0.39 is 11.9 Å². The van der Waals surface area contributed by atoms with Gasteiger partial charge >= 0.3 is 0 Å². The molecule has 0 aromatic heterocycles. The van der Waals surface area contributed by atoms with Crippen molar-refractivity contribution in [3.63, 3.8) is 0 Å². The summed E-state index contributed by atoms with van der Waals surface area (Å²) < 4.78 is 0. The first-order valence-electron chi connectivity index (χ1n) is 5.02. The zero-order valence-corrected chi connectivity index (χ0v) is 10.3. The second-order valence-electron chi connectivity index (χ2n) is 3.58. The van der Waals surface area contributed by atoms with Gasteiger partial charge < -0.3 is 16.4 Å². The lowest BCUT2D eigenvalue weighted by Crippen LogP contribution is -2.43. The summed E-state index contributed by atoms with van der Waals surface area (Å²) in [6.07, 6.45) is 0. The third-order valence-electron chi connectivity index (χ3n) is 2.17. The van der Waals surface area contributed by atoms with Crippen LogP contribution in [-0.2, 0) is 4.79 Å². The van der Waals surface area contributed by atoms with E-state index in [1.165, 1.54) is 19.2 Å². The number of rotatable bonds is 3. The third-order valence-corrected chi connectivity index (χ3v) is 2.39. The summed E-state index contributed by atoms with van der Waals surface area (Å²) in [7, 11) is 1.50. The highest BCUT2D eigenvalue weighted by molar-refractivity contribution is 6.31. The lowest BCUT2D eigenvalue weighted by atomic mass is 10.1. The Hall–Kier alpha value is -1.75. The molecule has 0 aliphatic heterocycles. The van der Waals surface area contributed by atoms with Crippen molar-refractivity contribution in [2.75, 3.05) is 12.8 Å². The smallest absolute Gasteiger partial charge is 0.252 e. The fourth-order valence-corrected chi connectivity index (χ4v) is 1.55. The number of hydrogen-bond acceptors (Lipinski definition) is 3. The molecule has 0 aliphatic carbocycles. The van der Waals surface area contributed by atoms with Crippen molar-refractivity contribution in [2.45, 2.75) is 13.0 Å². The Kier molecular flexibility index (Phi) is 4.34. The van der Waals surface area contributed by atoms with Gasteiger partial charge in [-0.25, -0.2) is 0 Å². The van der Waals surface area contributed by atoms with E-state index in [-0.39, 0.29) is 5.91 Å². The number of anilines is 1. The van der Waals surface area contributed by atoms with Gasteiger partial charge in [-0.1, -0.05) is 11.6 Å². The van der Waals surface area contributed by atoms with Crippen LogP contribution in [-0.4, -0.2) is 24.9 Å². The summed E-state index contributed by atoms with van der Waals surface area (Å²) in [4.78, 5) is 23.0. The molecule has 6 heteroatoms. The van der Waals surface area contributed by atoms with Crippen LogP contribution >= 0.6 is 11.6 Å². The molecule has 0 bridgehead atoms. The zero-order valence-electron chi connectivity index (χ0n) is 9.58. The van der Waals surface area contributed by atoms with E-state index in [1.807, 2.05) is 0 Å². The van der Waals surface area contributed by atoms with Gasteiger partial charge in [0.1, 0.15) is 6.04 Å². The Morgan fingerprint density at radius 2 is 2.00 bits per heavy atom. The molecule has 92 valence electrons. The average molecular weight is 256 g/mol. The van der Waals surface area contributed by atoms with Gasteiger partial charge in [-0.3, -0.25) is 9.59 Å². The van der Waals surface area contributed by atoms with Crippen LogP contribution in [0.4, 0.5) is 5.69 Å². The second-order valence-corrected chi connectivity index (χ2v) is 4.02. The molecule has 1 unspecified atom stereocenters. The fraction of sp³-hybridized carbons (Fsp3) is 0.273. The largest absolute Gasteiger partial charge is 0.399 e. The molecule has 4 N–H and O–H groups in total. The topological polar surface area (TPSA) is 84.2 Å². The highest BCUT2D eigenvalue weighted by Crippen LogP contribution is 2.16. The lowest BCUT2D eigenvalue weighted by molar-refractivity contribution is -0.122. The molecule has 1 rings (SSSR count). The van der Waals surface area contributed by atoms with Gasteiger partial charge in [0, 0.05) is 23.3 Å². The molecular weight excluding hydrogens is 242 g/mol. The van der Waals surface area contributed by atoms with Crippen LogP contribution in [0.25, 0.3) is 0 Å². The Morgan fingerprint density at radius 3 is 2.53 bits per heavy atom. The van der Waals surface area contributed by atoms with E-state index in [4.69, 9.17) is 17.3 Å². The molecule has 0 heterocycles. The number of benzene rings is 1. The maximum atomic E-state index is 11.8. The molecule has 0 fully saturated rings. The summed E-state index contributed by atoms with van der Waals surface area (Å²) in [5.41, 5.74) is 6.29. The van der Waals surface area contributed by atoms with Crippen molar-refractivity contribution in [1.82, 2.24) is 10.6 Å². The molecule has 1 aromatic rings. The monoisotopic (exact) mass is 255 g/mol. The minimum atomic E-state index is -0.618. The van der Waals surface area contributed by atoms with Crippen molar-refractivity contribution >= 4 is 29.1 Å². The van der Waals surface area contributed by atoms with Crippen LogP contribution in [0.1, 0.15) is 17.3 Å². The van der Waals surface area contributed by atoms with Gasteiger partial charge in [0.15, 0.2) is 0 Å². The first kappa shape index (κ1) is 13.3. The minimum Gasteiger partial charge on any atom is -0.399 e. The predicted molar refractivity (Wildman–Crippen MR) is 66.9 cm³/mol. The number of hydrogen-bond donors (Lipinski definition) is 3.